The van der Waals surface area contributed by atoms with E-state index in [1.807, 2.05) is 42.2 Å². The van der Waals surface area contributed by atoms with E-state index < -0.39 is 0 Å². The zero-order valence-corrected chi connectivity index (χ0v) is 14.1. The Morgan fingerprint density at radius 3 is 2.46 bits per heavy atom. The van der Waals surface area contributed by atoms with E-state index in [0.717, 1.165) is 24.8 Å². The quantitative estimate of drug-likeness (QED) is 0.833. The highest BCUT2D eigenvalue weighted by Crippen LogP contribution is 2.43. The highest BCUT2D eigenvalue weighted by molar-refractivity contribution is 5.82. The topological polar surface area (TPSA) is 69.6 Å². The van der Waals surface area contributed by atoms with Crippen LogP contribution in [0.3, 0.4) is 0 Å². The predicted molar refractivity (Wildman–Crippen MR) is 91.3 cm³/mol. The van der Waals surface area contributed by atoms with Crippen molar-refractivity contribution < 1.29 is 14.7 Å². The van der Waals surface area contributed by atoms with Gasteiger partial charge in [-0.25, -0.2) is 0 Å². The molecule has 0 bridgehead atoms. The number of rotatable bonds is 6. The summed E-state index contributed by atoms with van der Waals surface area (Å²) in [6.07, 6.45) is 3.42. The van der Waals surface area contributed by atoms with Crippen LogP contribution < -0.4 is 5.32 Å². The van der Waals surface area contributed by atoms with Gasteiger partial charge >= 0.3 is 0 Å². The molecule has 1 saturated carbocycles. The van der Waals surface area contributed by atoms with Gasteiger partial charge < -0.3 is 15.3 Å². The maximum Gasteiger partial charge on any atom is 0.226 e. The minimum absolute atomic E-state index is 0.00898. The van der Waals surface area contributed by atoms with Crippen LogP contribution in [0.15, 0.2) is 30.3 Å². The van der Waals surface area contributed by atoms with E-state index in [1.54, 1.807) is 0 Å². The van der Waals surface area contributed by atoms with Gasteiger partial charge in [0.25, 0.3) is 0 Å². The van der Waals surface area contributed by atoms with Gasteiger partial charge in [0.2, 0.25) is 11.8 Å². The van der Waals surface area contributed by atoms with Crippen LogP contribution in [0, 0.1) is 5.92 Å². The molecule has 2 amide bonds. The summed E-state index contributed by atoms with van der Waals surface area (Å²) in [5.74, 6) is 0.297. The Bertz CT molecular complexity index is 586. The molecule has 1 aromatic rings. The van der Waals surface area contributed by atoms with Gasteiger partial charge in [0.15, 0.2) is 0 Å². The molecule has 1 aromatic carbocycles. The van der Waals surface area contributed by atoms with Crippen LogP contribution in [0.5, 0.6) is 0 Å². The number of carbonyl (C=O) groups is 2. The van der Waals surface area contributed by atoms with Gasteiger partial charge in [0.1, 0.15) is 0 Å². The second-order valence-electron chi connectivity index (χ2n) is 6.78. The van der Waals surface area contributed by atoms with Gasteiger partial charge in [0.05, 0.1) is 18.7 Å². The largest absolute Gasteiger partial charge is 0.394 e. The smallest absolute Gasteiger partial charge is 0.226 e. The van der Waals surface area contributed by atoms with Crippen molar-refractivity contribution >= 4 is 11.8 Å². The molecule has 3 atom stereocenters. The number of hydrogen-bond acceptors (Lipinski definition) is 3. The van der Waals surface area contributed by atoms with Crippen LogP contribution >= 0.6 is 0 Å². The average molecular weight is 330 g/mol. The Labute approximate surface area is 143 Å². The third kappa shape index (κ3) is 3.05. The monoisotopic (exact) mass is 330 g/mol. The minimum atomic E-state index is -0.191. The maximum atomic E-state index is 12.8. The average Bonchev–Trinajstić information content (AvgIpc) is 2.53. The first-order valence-corrected chi connectivity index (χ1v) is 8.92. The summed E-state index contributed by atoms with van der Waals surface area (Å²) in [6.45, 7) is 2.22. The molecule has 2 N–H and O–H groups in total. The molecule has 1 saturated heterocycles. The van der Waals surface area contributed by atoms with E-state index >= 15 is 0 Å². The Hall–Kier alpha value is -1.88. The molecule has 0 unspecified atom stereocenters. The van der Waals surface area contributed by atoms with Crippen molar-refractivity contribution in [1.82, 2.24) is 10.2 Å². The molecule has 5 heteroatoms. The van der Waals surface area contributed by atoms with Crippen LogP contribution in [0.25, 0.3) is 0 Å². The SMILES string of the molecule is CCC(=O)NC[C@H]1[C@@H](c2ccccc2)[C@H](CO)N1C(=O)C1CCC1. The fourth-order valence-electron chi connectivity index (χ4n) is 3.83. The number of carbonyl (C=O) groups excluding carboxylic acids is 2. The highest BCUT2D eigenvalue weighted by Gasteiger charge is 2.52. The van der Waals surface area contributed by atoms with E-state index in [9.17, 15) is 14.7 Å². The van der Waals surface area contributed by atoms with Crippen molar-refractivity contribution in [2.24, 2.45) is 5.92 Å². The van der Waals surface area contributed by atoms with Crippen LogP contribution in [-0.4, -0.2) is 47.1 Å². The summed E-state index contributed by atoms with van der Waals surface area (Å²) in [4.78, 5) is 26.3. The molecule has 0 radical (unpaired) electrons. The fraction of sp³-hybridized carbons (Fsp3) is 0.579. The summed E-state index contributed by atoms with van der Waals surface area (Å²) in [7, 11) is 0. The van der Waals surface area contributed by atoms with Crippen LogP contribution in [0.1, 0.15) is 44.1 Å². The van der Waals surface area contributed by atoms with Crippen molar-refractivity contribution in [3.63, 3.8) is 0 Å². The Morgan fingerprint density at radius 1 is 1.21 bits per heavy atom. The van der Waals surface area contributed by atoms with Gasteiger partial charge in [-0.2, -0.15) is 0 Å². The minimum Gasteiger partial charge on any atom is -0.394 e. The lowest BCUT2D eigenvalue weighted by atomic mass is 9.72. The van der Waals surface area contributed by atoms with Crippen molar-refractivity contribution in [1.29, 1.82) is 0 Å². The third-order valence-corrected chi connectivity index (χ3v) is 5.45. The maximum absolute atomic E-state index is 12.8. The van der Waals surface area contributed by atoms with Crippen molar-refractivity contribution in [3.8, 4) is 0 Å². The summed E-state index contributed by atoms with van der Waals surface area (Å²) in [5, 5.41) is 12.8. The van der Waals surface area contributed by atoms with Crippen molar-refractivity contribution in [2.45, 2.75) is 50.6 Å². The first-order valence-electron chi connectivity index (χ1n) is 8.92. The fourth-order valence-corrected chi connectivity index (χ4v) is 3.83. The molecule has 1 aliphatic carbocycles. The van der Waals surface area contributed by atoms with Gasteiger partial charge in [-0.15, -0.1) is 0 Å². The normalized spacial score (nSPS) is 26.4. The zero-order valence-electron chi connectivity index (χ0n) is 14.1. The Morgan fingerprint density at radius 2 is 1.92 bits per heavy atom. The number of nitrogens with zero attached hydrogens (tertiary/aromatic N) is 1. The van der Waals surface area contributed by atoms with Gasteiger partial charge in [-0.3, -0.25) is 9.59 Å². The summed E-state index contributed by atoms with van der Waals surface area (Å²) in [6, 6.07) is 9.71. The van der Waals surface area contributed by atoms with Gasteiger partial charge in [-0.1, -0.05) is 43.7 Å². The standard InChI is InChI=1S/C19H26N2O3/c1-2-17(23)20-11-15-18(13-7-4-3-5-8-13)16(12-22)21(15)19(24)14-9-6-10-14/h3-5,7-8,14-16,18,22H,2,6,9-12H2,1H3,(H,20,23)/t15-,16-,18+/m0/s1. The molecular weight excluding hydrogens is 304 g/mol. The molecule has 0 aromatic heterocycles. The van der Waals surface area contributed by atoms with Crippen molar-refractivity contribution in [2.75, 3.05) is 13.2 Å². The molecule has 0 spiro atoms. The number of amides is 2. The Kier molecular flexibility index (Phi) is 5.19. The van der Waals surface area contributed by atoms with Crippen LogP contribution in [0.4, 0.5) is 0 Å². The molecule has 1 aliphatic heterocycles. The molecule has 2 fully saturated rings. The highest BCUT2D eigenvalue weighted by atomic mass is 16.3. The number of nitrogens with one attached hydrogen (secondary N) is 1. The van der Waals surface area contributed by atoms with E-state index in [0.29, 0.717) is 13.0 Å². The Balaban J connectivity index is 1.80. The summed E-state index contributed by atoms with van der Waals surface area (Å²) in [5.41, 5.74) is 1.12. The van der Waals surface area contributed by atoms with Crippen molar-refractivity contribution in [3.05, 3.63) is 35.9 Å². The third-order valence-electron chi connectivity index (χ3n) is 5.45. The summed E-state index contributed by atoms with van der Waals surface area (Å²) < 4.78 is 0. The zero-order chi connectivity index (χ0) is 17.1. The van der Waals surface area contributed by atoms with E-state index in [2.05, 4.69) is 5.32 Å². The number of hydrogen-bond donors (Lipinski definition) is 2. The molecule has 3 rings (SSSR count). The van der Waals surface area contributed by atoms with Gasteiger partial charge in [0, 0.05) is 24.8 Å². The molecule has 2 aliphatic rings. The lowest BCUT2D eigenvalue weighted by Gasteiger charge is -2.56. The lowest BCUT2D eigenvalue weighted by molar-refractivity contribution is -0.158. The number of aliphatic hydroxyl groups is 1. The molecular formula is C19H26N2O3. The van der Waals surface area contributed by atoms with E-state index in [1.165, 1.54) is 0 Å². The number of aliphatic hydroxyl groups excluding tert-OH is 1. The first kappa shape index (κ1) is 17.0. The first-order chi connectivity index (χ1) is 11.7. The van der Waals surface area contributed by atoms with E-state index in [-0.39, 0.29) is 42.3 Å². The molecule has 1 heterocycles. The lowest BCUT2D eigenvalue weighted by Crippen LogP contribution is -2.69. The van der Waals surface area contributed by atoms with Crippen LogP contribution in [0.2, 0.25) is 0 Å². The van der Waals surface area contributed by atoms with E-state index in [4.69, 9.17) is 0 Å². The predicted octanol–water partition coefficient (Wildman–Crippen LogP) is 1.67. The number of likely N-dealkylation sites (tertiary alicyclic amines) is 1. The number of benzene rings is 1. The summed E-state index contributed by atoms with van der Waals surface area (Å²) >= 11 is 0. The molecule has 24 heavy (non-hydrogen) atoms. The molecule has 5 nitrogen and oxygen atoms in total. The van der Waals surface area contributed by atoms with Gasteiger partial charge in [-0.05, 0) is 18.4 Å². The van der Waals surface area contributed by atoms with Crippen LogP contribution in [-0.2, 0) is 9.59 Å². The second kappa shape index (κ2) is 7.34. The molecule has 130 valence electrons. The second-order valence-corrected chi connectivity index (χ2v) is 6.78.